The van der Waals surface area contributed by atoms with E-state index in [-0.39, 0.29) is 18.1 Å². The normalized spacial score (nSPS) is 11.1. The molecule has 0 aliphatic rings. The van der Waals surface area contributed by atoms with Crippen molar-refractivity contribution in [3.05, 3.63) is 0 Å². The molecule has 0 aliphatic carbocycles. The van der Waals surface area contributed by atoms with E-state index in [4.69, 9.17) is 0 Å². The topological polar surface area (TPSA) is 63.2 Å². The average Bonchev–Trinajstić information content (AvgIpc) is 1.83. The molecule has 1 N–H and O–H groups in total. The first-order valence-corrected chi connectivity index (χ1v) is 5.98. The van der Waals surface area contributed by atoms with E-state index in [2.05, 4.69) is 14.6 Å². The van der Waals surface area contributed by atoms with Crippen LogP contribution in [0.3, 0.4) is 0 Å². The Balaban J connectivity index is 3.64. The van der Waals surface area contributed by atoms with Gasteiger partial charge in [0.25, 0.3) is 0 Å². The van der Waals surface area contributed by atoms with Gasteiger partial charge in [-0.05, 0) is 0 Å². The minimum atomic E-state index is -3.01. The number of nitrogens with one attached hydrogen (secondary N) is 1. The third-order valence-corrected chi connectivity index (χ3v) is 2.15. The van der Waals surface area contributed by atoms with E-state index in [1.165, 1.54) is 0 Å². The van der Waals surface area contributed by atoms with Crippen molar-refractivity contribution < 1.29 is 13.2 Å². The van der Waals surface area contributed by atoms with Gasteiger partial charge in [-0.15, -0.1) is 9.24 Å². The Morgan fingerprint density at radius 3 is 2.45 bits per heavy atom. The van der Waals surface area contributed by atoms with Gasteiger partial charge in [0.15, 0.2) is 0 Å². The standard InChI is InChI=1S/C5H12NO3PS/c1-11(8,9)3-2-5(7)6-4-10/h2-4,10H2,1H3,(H,6,7). The maximum absolute atomic E-state index is 10.7. The summed E-state index contributed by atoms with van der Waals surface area (Å²) in [6, 6.07) is 0. The Morgan fingerprint density at radius 1 is 1.55 bits per heavy atom. The average molecular weight is 197 g/mol. The molecule has 0 bridgehead atoms. The molecule has 0 rings (SSSR count). The Hall–Kier alpha value is -0.150. The van der Waals surface area contributed by atoms with Gasteiger partial charge in [0.05, 0.1) is 5.75 Å². The molecule has 1 amide bonds. The molecule has 0 saturated heterocycles. The summed E-state index contributed by atoms with van der Waals surface area (Å²) >= 11 is 0. The monoisotopic (exact) mass is 197 g/mol. The van der Waals surface area contributed by atoms with Gasteiger partial charge in [-0.2, -0.15) is 0 Å². The second kappa shape index (κ2) is 4.67. The summed E-state index contributed by atoms with van der Waals surface area (Å²) in [4.78, 5) is 10.7. The van der Waals surface area contributed by atoms with Crippen LogP contribution >= 0.6 is 9.24 Å². The van der Waals surface area contributed by atoms with E-state index < -0.39 is 9.84 Å². The number of amides is 1. The molecule has 11 heavy (non-hydrogen) atoms. The molecular formula is C5H12NO3PS. The molecule has 66 valence electrons. The fourth-order valence-electron chi connectivity index (χ4n) is 0.480. The Labute approximate surface area is 68.9 Å². The van der Waals surface area contributed by atoms with Crippen molar-refractivity contribution >= 4 is 25.0 Å². The van der Waals surface area contributed by atoms with Gasteiger partial charge in [-0.25, -0.2) is 8.42 Å². The fraction of sp³-hybridized carbons (Fsp3) is 0.800. The lowest BCUT2D eigenvalue weighted by atomic mass is 10.5. The number of carbonyl (C=O) groups excluding carboxylic acids is 1. The highest BCUT2D eigenvalue weighted by atomic mass is 32.2. The number of sulfone groups is 1. The van der Waals surface area contributed by atoms with Crippen molar-refractivity contribution in [2.75, 3.05) is 18.3 Å². The van der Waals surface area contributed by atoms with Gasteiger partial charge in [0, 0.05) is 19.0 Å². The maximum atomic E-state index is 10.7. The van der Waals surface area contributed by atoms with Crippen LogP contribution in [0.5, 0.6) is 0 Å². The first-order valence-electron chi connectivity index (χ1n) is 3.10. The first-order chi connectivity index (χ1) is 4.95. The zero-order valence-electron chi connectivity index (χ0n) is 6.33. The van der Waals surface area contributed by atoms with Crippen molar-refractivity contribution in [3.63, 3.8) is 0 Å². The molecule has 0 aliphatic heterocycles. The molecule has 6 heteroatoms. The molecule has 0 spiro atoms. The van der Waals surface area contributed by atoms with Gasteiger partial charge in [-0.1, -0.05) is 0 Å². The molecule has 0 saturated carbocycles. The Kier molecular flexibility index (Phi) is 4.61. The van der Waals surface area contributed by atoms with E-state index >= 15 is 0 Å². The lowest BCUT2D eigenvalue weighted by Crippen LogP contribution is -2.23. The smallest absolute Gasteiger partial charge is 0.221 e. The molecule has 0 aromatic carbocycles. The highest BCUT2D eigenvalue weighted by Crippen LogP contribution is 1.88. The highest BCUT2D eigenvalue weighted by molar-refractivity contribution is 7.90. The minimum Gasteiger partial charge on any atom is -0.353 e. The van der Waals surface area contributed by atoms with Gasteiger partial charge in [0.1, 0.15) is 9.84 Å². The summed E-state index contributed by atoms with van der Waals surface area (Å²) in [5.74, 6) is -0.311. The van der Waals surface area contributed by atoms with Crippen molar-refractivity contribution in [1.29, 1.82) is 0 Å². The molecule has 0 aromatic rings. The predicted molar refractivity (Wildman–Crippen MR) is 47.0 cm³/mol. The summed E-state index contributed by atoms with van der Waals surface area (Å²) in [6.07, 6.45) is 1.62. The zero-order chi connectivity index (χ0) is 8.91. The Morgan fingerprint density at radius 2 is 2.09 bits per heavy atom. The molecule has 4 nitrogen and oxygen atoms in total. The summed E-state index contributed by atoms with van der Waals surface area (Å²) in [6.45, 7) is 0. The fourth-order valence-corrected chi connectivity index (χ4v) is 1.26. The number of carbonyl (C=O) groups is 1. The van der Waals surface area contributed by atoms with Crippen molar-refractivity contribution in [2.24, 2.45) is 0 Å². The van der Waals surface area contributed by atoms with E-state index in [0.29, 0.717) is 6.29 Å². The van der Waals surface area contributed by atoms with Crippen LogP contribution in [0.4, 0.5) is 0 Å². The van der Waals surface area contributed by atoms with Crippen LogP contribution in [-0.4, -0.2) is 32.6 Å². The largest absolute Gasteiger partial charge is 0.353 e. The summed E-state index contributed by atoms with van der Waals surface area (Å²) < 4.78 is 21.1. The lowest BCUT2D eigenvalue weighted by molar-refractivity contribution is -0.120. The van der Waals surface area contributed by atoms with E-state index in [1.807, 2.05) is 0 Å². The zero-order valence-corrected chi connectivity index (χ0v) is 8.30. The van der Waals surface area contributed by atoms with Crippen molar-refractivity contribution in [1.82, 2.24) is 5.32 Å². The summed E-state index contributed by atoms with van der Waals surface area (Å²) in [5.41, 5.74) is 0. The molecule has 1 atom stereocenters. The van der Waals surface area contributed by atoms with Crippen molar-refractivity contribution in [3.8, 4) is 0 Å². The molecule has 0 fully saturated rings. The predicted octanol–water partition coefficient (Wildman–Crippen LogP) is -0.630. The molecule has 1 unspecified atom stereocenters. The van der Waals surface area contributed by atoms with E-state index in [9.17, 15) is 13.2 Å². The number of rotatable bonds is 4. The highest BCUT2D eigenvalue weighted by Gasteiger charge is 2.05. The van der Waals surface area contributed by atoms with E-state index in [0.717, 1.165) is 6.26 Å². The quantitative estimate of drug-likeness (QED) is 0.610. The number of hydrogen-bond donors (Lipinski definition) is 1. The Bertz CT molecular complexity index is 224. The third kappa shape index (κ3) is 7.75. The van der Waals surface area contributed by atoms with Gasteiger partial charge in [-0.3, -0.25) is 4.79 Å². The SMILES string of the molecule is CS(=O)(=O)CCC(=O)NCP. The van der Waals surface area contributed by atoms with Gasteiger partial charge < -0.3 is 5.32 Å². The van der Waals surface area contributed by atoms with Crippen LogP contribution in [0.25, 0.3) is 0 Å². The molecular weight excluding hydrogens is 185 g/mol. The number of hydrogen-bond acceptors (Lipinski definition) is 3. The van der Waals surface area contributed by atoms with Gasteiger partial charge >= 0.3 is 0 Å². The van der Waals surface area contributed by atoms with Gasteiger partial charge in [0.2, 0.25) is 5.91 Å². The maximum Gasteiger partial charge on any atom is 0.221 e. The van der Waals surface area contributed by atoms with Crippen LogP contribution in [0.2, 0.25) is 0 Å². The van der Waals surface area contributed by atoms with Crippen LogP contribution in [0.1, 0.15) is 6.42 Å². The minimum absolute atomic E-state index is 0.0488. The molecule has 0 aromatic heterocycles. The summed E-state index contributed by atoms with van der Waals surface area (Å²) in [5, 5.41) is 2.48. The van der Waals surface area contributed by atoms with Crippen LogP contribution in [0.15, 0.2) is 0 Å². The van der Waals surface area contributed by atoms with Crippen LogP contribution in [-0.2, 0) is 14.6 Å². The van der Waals surface area contributed by atoms with Crippen molar-refractivity contribution in [2.45, 2.75) is 6.42 Å². The van der Waals surface area contributed by atoms with Crippen LogP contribution < -0.4 is 5.32 Å². The third-order valence-electron chi connectivity index (χ3n) is 0.999. The second-order valence-corrected chi connectivity index (χ2v) is 4.85. The van der Waals surface area contributed by atoms with Crippen LogP contribution in [0, 0.1) is 0 Å². The summed E-state index contributed by atoms with van der Waals surface area (Å²) in [7, 11) is -0.682. The second-order valence-electron chi connectivity index (χ2n) is 2.18. The first kappa shape index (κ1) is 10.8. The van der Waals surface area contributed by atoms with E-state index in [1.54, 1.807) is 0 Å². The molecule has 0 heterocycles. The molecule has 0 radical (unpaired) electrons. The lowest BCUT2D eigenvalue weighted by Gasteiger charge is -1.99.